The lowest BCUT2D eigenvalue weighted by molar-refractivity contribution is 0.292. The normalized spacial score (nSPS) is 11.1. The van der Waals surface area contributed by atoms with E-state index in [9.17, 15) is 0 Å². The van der Waals surface area contributed by atoms with Crippen molar-refractivity contribution in [2.75, 3.05) is 6.26 Å². The van der Waals surface area contributed by atoms with E-state index in [1.54, 1.807) is 16.3 Å². The third-order valence-corrected chi connectivity index (χ3v) is 5.59. The summed E-state index contributed by atoms with van der Waals surface area (Å²) >= 11 is 9.40. The predicted molar refractivity (Wildman–Crippen MR) is 102 cm³/mol. The SMILES string of the molecule is CSc1ccc(OCc2nnc3sc(-c4ccccc4Cl)nn23)cc1. The number of halogens is 1. The highest BCUT2D eigenvalue weighted by Gasteiger charge is 2.15. The number of hydrogen-bond acceptors (Lipinski definition) is 6. The van der Waals surface area contributed by atoms with E-state index < -0.39 is 0 Å². The number of ether oxygens (including phenoxy) is 1. The molecule has 2 aromatic heterocycles. The van der Waals surface area contributed by atoms with Crippen molar-refractivity contribution in [1.29, 1.82) is 0 Å². The van der Waals surface area contributed by atoms with E-state index in [0.29, 0.717) is 22.4 Å². The van der Waals surface area contributed by atoms with Crippen molar-refractivity contribution in [1.82, 2.24) is 19.8 Å². The molecule has 2 heterocycles. The maximum atomic E-state index is 6.25. The van der Waals surface area contributed by atoms with Crippen molar-refractivity contribution >= 4 is 39.7 Å². The van der Waals surface area contributed by atoms with Crippen molar-refractivity contribution in [2.45, 2.75) is 11.5 Å². The van der Waals surface area contributed by atoms with Gasteiger partial charge in [0.15, 0.2) is 5.82 Å². The number of fused-ring (bicyclic) bond motifs is 1. The van der Waals surface area contributed by atoms with E-state index in [0.717, 1.165) is 16.3 Å². The molecule has 0 amide bonds. The summed E-state index contributed by atoms with van der Waals surface area (Å²) in [6.45, 7) is 0.297. The molecule has 0 aliphatic rings. The second-order valence-electron chi connectivity index (χ2n) is 5.16. The van der Waals surface area contributed by atoms with Gasteiger partial charge in [0.1, 0.15) is 17.4 Å². The average Bonchev–Trinajstić information content (AvgIpc) is 3.22. The summed E-state index contributed by atoms with van der Waals surface area (Å²) in [5.41, 5.74) is 0.888. The number of benzene rings is 2. The molecule has 0 unspecified atom stereocenters. The van der Waals surface area contributed by atoms with E-state index in [4.69, 9.17) is 16.3 Å². The summed E-state index contributed by atoms with van der Waals surface area (Å²) in [6, 6.07) is 15.6. The second-order valence-corrected chi connectivity index (χ2v) is 7.40. The number of nitrogens with zero attached hydrogens (tertiary/aromatic N) is 4. The molecule has 4 aromatic rings. The van der Waals surface area contributed by atoms with Crippen molar-refractivity contribution in [3.05, 3.63) is 59.4 Å². The van der Waals surface area contributed by atoms with Crippen molar-refractivity contribution in [2.24, 2.45) is 0 Å². The fourth-order valence-corrected chi connectivity index (χ4v) is 3.90. The summed E-state index contributed by atoms with van der Waals surface area (Å²) < 4.78 is 7.51. The summed E-state index contributed by atoms with van der Waals surface area (Å²) in [5, 5.41) is 14.4. The van der Waals surface area contributed by atoms with E-state index in [-0.39, 0.29) is 0 Å². The number of thioether (sulfide) groups is 1. The van der Waals surface area contributed by atoms with Crippen LogP contribution in [0.5, 0.6) is 5.75 Å². The van der Waals surface area contributed by atoms with Crippen LogP contribution in [0.4, 0.5) is 0 Å². The zero-order chi connectivity index (χ0) is 17.2. The zero-order valence-electron chi connectivity index (χ0n) is 13.2. The average molecular weight is 389 g/mol. The number of hydrogen-bond donors (Lipinski definition) is 0. The van der Waals surface area contributed by atoms with Gasteiger partial charge in [-0.1, -0.05) is 41.1 Å². The van der Waals surface area contributed by atoms with Gasteiger partial charge in [0.05, 0.1) is 5.02 Å². The molecule has 8 heteroatoms. The number of rotatable bonds is 5. The fourth-order valence-electron chi connectivity index (χ4n) is 2.31. The molecule has 0 aliphatic heterocycles. The van der Waals surface area contributed by atoms with Gasteiger partial charge in [0.2, 0.25) is 4.96 Å². The van der Waals surface area contributed by atoms with Gasteiger partial charge < -0.3 is 4.74 Å². The van der Waals surface area contributed by atoms with Gasteiger partial charge in [0.25, 0.3) is 0 Å². The van der Waals surface area contributed by atoms with Gasteiger partial charge in [-0.25, -0.2) is 0 Å². The zero-order valence-corrected chi connectivity index (χ0v) is 15.6. The highest BCUT2D eigenvalue weighted by atomic mass is 35.5. The van der Waals surface area contributed by atoms with Crippen LogP contribution in [0.2, 0.25) is 5.02 Å². The third-order valence-electron chi connectivity index (χ3n) is 3.59. The quantitative estimate of drug-likeness (QED) is 0.459. The molecule has 0 saturated heterocycles. The highest BCUT2D eigenvalue weighted by molar-refractivity contribution is 7.98. The predicted octanol–water partition coefficient (Wildman–Crippen LogP) is 4.81. The van der Waals surface area contributed by atoms with Gasteiger partial charge in [-0.2, -0.15) is 9.61 Å². The largest absolute Gasteiger partial charge is 0.486 e. The Kier molecular flexibility index (Phi) is 4.61. The van der Waals surface area contributed by atoms with Crippen LogP contribution in [0.3, 0.4) is 0 Å². The van der Waals surface area contributed by atoms with Crippen LogP contribution in [0.15, 0.2) is 53.4 Å². The van der Waals surface area contributed by atoms with Crippen molar-refractivity contribution in [3.8, 4) is 16.3 Å². The summed E-state index contributed by atoms with van der Waals surface area (Å²) in [7, 11) is 0. The highest BCUT2D eigenvalue weighted by Crippen LogP contribution is 2.31. The Labute approximate surface area is 157 Å². The molecule has 25 heavy (non-hydrogen) atoms. The Morgan fingerprint density at radius 3 is 2.68 bits per heavy atom. The molecular weight excluding hydrogens is 376 g/mol. The minimum Gasteiger partial charge on any atom is -0.486 e. The van der Waals surface area contributed by atoms with Crippen molar-refractivity contribution < 1.29 is 4.74 Å². The van der Waals surface area contributed by atoms with E-state index >= 15 is 0 Å². The molecule has 0 radical (unpaired) electrons. The van der Waals surface area contributed by atoms with Crippen LogP contribution in [-0.4, -0.2) is 26.1 Å². The molecule has 2 aromatic carbocycles. The first-order valence-corrected chi connectivity index (χ1v) is 9.89. The minimum absolute atomic E-state index is 0.297. The Morgan fingerprint density at radius 2 is 1.92 bits per heavy atom. The molecule has 0 aliphatic carbocycles. The number of aromatic nitrogens is 4. The van der Waals surface area contributed by atoms with Crippen LogP contribution in [0.1, 0.15) is 5.82 Å². The van der Waals surface area contributed by atoms with Crippen LogP contribution in [-0.2, 0) is 6.61 Å². The topological polar surface area (TPSA) is 52.3 Å². The molecule has 0 fully saturated rings. The summed E-state index contributed by atoms with van der Waals surface area (Å²) in [4.78, 5) is 1.91. The maximum absolute atomic E-state index is 6.25. The van der Waals surface area contributed by atoms with Gasteiger partial charge >= 0.3 is 0 Å². The van der Waals surface area contributed by atoms with E-state index in [2.05, 4.69) is 15.3 Å². The first-order chi connectivity index (χ1) is 12.2. The van der Waals surface area contributed by atoms with Crippen LogP contribution >= 0.6 is 34.7 Å². The van der Waals surface area contributed by atoms with Gasteiger partial charge in [-0.3, -0.25) is 0 Å². The molecule has 0 spiro atoms. The Hall–Kier alpha value is -2.09. The van der Waals surface area contributed by atoms with Crippen molar-refractivity contribution in [3.63, 3.8) is 0 Å². The molecule has 4 rings (SSSR count). The molecule has 5 nitrogen and oxygen atoms in total. The van der Waals surface area contributed by atoms with Gasteiger partial charge in [-0.15, -0.1) is 22.0 Å². The smallest absolute Gasteiger partial charge is 0.235 e. The Bertz CT molecular complexity index is 1010. The molecular formula is C17H13ClN4OS2. The second kappa shape index (κ2) is 7.03. The van der Waals surface area contributed by atoms with Gasteiger partial charge in [-0.05, 0) is 36.6 Å². The molecule has 0 saturated carbocycles. The maximum Gasteiger partial charge on any atom is 0.235 e. The summed E-state index contributed by atoms with van der Waals surface area (Å²) in [6.07, 6.45) is 2.04. The lowest BCUT2D eigenvalue weighted by Crippen LogP contribution is -2.02. The van der Waals surface area contributed by atoms with E-state index in [1.807, 2.05) is 54.8 Å². The first-order valence-electron chi connectivity index (χ1n) is 7.47. The Balaban J connectivity index is 1.57. The first kappa shape index (κ1) is 16.4. The minimum atomic E-state index is 0.297. The lowest BCUT2D eigenvalue weighted by atomic mass is 10.2. The van der Waals surface area contributed by atoms with Crippen LogP contribution < -0.4 is 4.74 Å². The standard InChI is InChI=1S/C17H13ClN4OS2/c1-24-12-8-6-11(7-9-12)23-10-15-19-20-17-22(15)21-16(25-17)13-4-2-3-5-14(13)18/h2-9H,10H2,1H3. The summed E-state index contributed by atoms with van der Waals surface area (Å²) in [5.74, 6) is 1.44. The van der Waals surface area contributed by atoms with Crippen LogP contribution in [0.25, 0.3) is 15.5 Å². The lowest BCUT2D eigenvalue weighted by Gasteiger charge is -2.04. The van der Waals surface area contributed by atoms with Crippen LogP contribution in [0, 0.1) is 0 Å². The fraction of sp³-hybridized carbons (Fsp3) is 0.118. The third kappa shape index (κ3) is 3.35. The molecule has 0 atom stereocenters. The monoisotopic (exact) mass is 388 g/mol. The Morgan fingerprint density at radius 1 is 1.12 bits per heavy atom. The van der Waals surface area contributed by atoms with Gasteiger partial charge in [0, 0.05) is 10.5 Å². The molecule has 0 N–H and O–H groups in total. The molecule has 126 valence electrons. The molecule has 0 bridgehead atoms. The van der Waals surface area contributed by atoms with E-state index in [1.165, 1.54) is 16.2 Å².